The minimum atomic E-state index is -0.290. The molecule has 60 valence electrons. The van der Waals surface area contributed by atoms with Crippen LogP contribution in [0.5, 0.6) is 0 Å². The van der Waals surface area contributed by atoms with Crippen molar-refractivity contribution in [2.75, 3.05) is 0 Å². The summed E-state index contributed by atoms with van der Waals surface area (Å²) in [6.07, 6.45) is 0. The van der Waals surface area contributed by atoms with E-state index in [1.165, 1.54) is 0 Å². The van der Waals surface area contributed by atoms with Crippen molar-refractivity contribution >= 4 is 31.9 Å². The normalized spacial score (nSPS) is 10.2. The van der Waals surface area contributed by atoms with Crippen LogP contribution in [0, 0.1) is 5.82 Å². The Labute approximate surface area is 81.0 Å². The van der Waals surface area contributed by atoms with E-state index in [1.807, 2.05) is 0 Å². The van der Waals surface area contributed by atoms with Crippen LogP contribution in [-0.4, -0.2) is 0 Å². The van der Waals surface area contributed by atoms with Crippen molar-refractivity contribution in [2.24, 2.45) is 5.73 Å². The van der Waals surface area contributed by atoms with Crippen molar-refractivity contribution in [1.29, 1.82) is 0 Å². The van der Waals surface area contributed by atoms with E-state index in [1.54, 1.807) is 12.1 Å². The number of hydrogen-bond donors (Lipinski definition) is 1. The molecule has 0 aliphatic rings. The second-order valence-electron chi connectivity index (χ2n) is 2.08. The molecule has 1 aromatic carbocycles. The van der Waals surface area contributed by atoms with E-state index >= 15 is 0 Å². The molecule has 2 N–H and O–H groups in total. The van der Waals surface area contributed by atoms with Gasteiger partial charge in [-0.2, -0.15) is 0 Å². The molecule has 4 heteroatoms. The number of halogens is 3. The Kier molecular flexibility index (Phi) is 3.04. The first-order valence-electron chi connectivity index (χ1n) is 2.98. The Morgan fingerprint density at radius 2 is 1.73 bits per heavy atom. The Bertz CT molecular complexity index is 252. The van der Waals surface area contributed by atoms with Gasteiger partial charge in [-0.15, -0.1) is 0 Å². The van der Waals surface area contributed by atoms with Crippen molar-refractivity contribution in [3.63, 3.8) is 0 Å². The van der Waals surface area contributed by atoms with Crippen LogP contribution in [0.1, 0.15) is 5.56 Å². The lowest BCUT2D eigenvalue weighted by atomic mass is 10.2. The first-order chi connectivity index (χ1) is 5.15. The highest BCUT2D eigenvalue weighted by Gasteiger charge is 2.04. The molecule has 0 aliphatic carbocycles. The van der Waals surface area contributed by atoms with Crippen LogP contribution in [0.25, 0.3) is 0 Å². The van der Waals surface area contributed by atoms with E-state index in [0.29, 0.717) is 15.5 Å². The second-order valence-corrected chi connectivity index (χ2v) is 3.79. The number of nitrogens with two attached hydrogens (primary N) is 1. The van der Waals surface area contributed by atoms with Crippen LogP contribution in [0.4, 0.5) is 4.39 Å². The summed E-state index contributed by atoms with van der Waals surface area (Å²) in [5, 5.41) is 0. The van der Waals surface area contributed by atoms with Crippen molar-refractivity contribution in [2.45, 2.75) is 6.54 Å². The minimum Gasteiger partial charge on any atom is -0.326 e. The SMILES string of the molecule is NCc1cc(Br)c(F)c(Br)c1. The van der Waals surface area contributed by atoms with E-state index in [2.05, 4.69) is 31.9 Å². The smallest absolute Gasteiger partial charge is 0.151 e. The molecule has 1 rings (SSSR count). The Morgan fingerprint density at radius 1 is 1.27 bits per heavy atom. The van der Waals surface area contributed by atoms with Gasteiger partial charge < -0.3 is 5.73 Å². The maximum atomic E-state index is 12.9. The minimum absolute atomic E-state index is 0.290. The first-order valence-corrected chi connectivity index (χ1v) is 4.57. The predicted molar refractivity (Wildman–Crippen MR) is 49.7 cm³/mol. The van der Waals surface area contributed by atoms with E-state index < -0.39 is 0 Å². The molecule has 0 aliphatic heterocycles. The zero-order chi connectivity index (χ0) is 8.43. The van der Waals surface area contributed by atoms with Crippen LogP contribution in [0.15, 0.2) is 21.1 Å². The highest BCUT2D eigenvalue weighted by atomic mass is 79.9. The summed E-state index contributed by atoms with van der Waals surface area (Å²) in [6, 6.07) is 3.33. The lowest BCUT2D eigenvalue weighted by Gasteiger charge is -2.01. The first kappa shape index (κ1) is 9.16. The quantitative estimate of drug-likeness (QED) is 0.788. The average Bonchev–Trinajstić information content (AvgIpc) is 1.99. The summed E-state index contributed by atoms with van der Waals surface area (Å²) < 4.78 is 13.8. The van der Waals surface area contributed by atoms with Crippen LogP contribution in [0.3, 0.4) is 0 Å². The van der Waals surface area contributed by atoms with Gasteiger partial charge in [-0.25, -0.2) is 4.39 Å². The molecule has 1 aromatic rings. The van der Waals surface area contributed by atoms with Crippen molar-refractivity contribution in [1.82, 2.24) is 0 Å². The maximum absolute atomic E-state index is 12.9. The van der Waals surface area contributed by atoms with Gasteiger partial charge in [-0.05, 0) is 49.6 Å². The second kappa shape index (κ2) is 3.65. The highest BCUT2D eigenvalue weighted by molar-refractivity contribution is 9.11. The van der Waals surface area contributed by atoms with E-state index in [9.17, 15) is 4.39 Å². The summed E-state index contributed by atoms with van der Waals surface area (Å²) >= 11 is 6.15. The van der Waals surface area contributed by atoms with Crippen LogP contribution in [0.2, 0.25) is 0 Å². The van der Waals surface area contributed by atoms with Crippen LogP contribution in [-0.2, 0) is 6.54 Å². The van der Waals surface area contributed by atoms with Crippen molar-refractivity contribution in [3.05, 3.63) is 32.5 Å². The van der Waals surface area contributed by atoms with Gasteiger partial charge in [0.1, 0.15) is 0 Å². The summed E-state index contributed by atoms with van der Waals surface area (Å²) in [6.45, 7) is 0.414. The number of hydrogen-bond acceptors (Lipinski definition) is 1. The zero-order valence-electron chi connectivity index (χ0n) is 5.57. The largest absolute Gasteiger partial charge is 0.326 e. The van der Waals surface area contributed by atoms with Gasteiger partial charge in [0.2, 0.25) is 0 Å². The topological polar surface area (TPSA) is 26.0 Å². The van der Waals surface area contributed by atoms with Gasteiger partial charge >= 0.3 is 0 Å². The van der Waals surface area contributed by atoms with Crippen molar-refractivity contribution < 1.29 is 4.39 Å². The predicted octanol–water partition coefficient (Wildman–Crippen LogP) is 2.81. The van der Waals surface area contributed by atoms with Crippen LogP contribution >= 0.6 is 31.9 Å². The Hall–Kier alpha value is 0.0700. The zero-order valence-corrected chi connectivity index (χ0v) is 8.75. The van der Waals surface area contributed by atoms with E-state index in [0.717, 1.165) is 5.56 Å². The van der Waals surface area contributed by atoms with E-state index in [-0.39, 0.29) is 5.82 Å². The molecule has 0 radical (unpaired) electrons. The molecule has 0 amide bonds. The molecule has 0 fully saturated rings. The molecule has 0 atom stereocenters. The lowest BCUT2D eigenvalue weighted by molar-refractivity contribution is 0.613. The molecule has 0 saturated heterocycles. The molecule has 1 nitrogen and oxygen atoms in total. The highest BCUT2D eigenvalue weighted by Crippen LogP contribution is 2.25. The molecule has 0 aromatic heterocycles. The summed E-state index contributed by atoms with van der Waals surface area (Å²) in [5.41, 5.74) is 6.27. The fourth-order valence-electron chi connectivity index (χ4n) is 0.726. The summed E-state index contributed by atoms with van der Waals surface area (Å²) in [7, 11) is 0. The fraction of sp³-hybridized carbons (Fsp3) is 0.143. The van der Waals surface area contributed by atoms with Gasteiger partial charge in [-0.3, -0.25) is 0 Å². The summed E-state index contributed by atoms with van der Waals surface area (Å²) in [5.74, 6) is -0.290. The molecule has 11 heavy (non-hydrogen) atoms. The third-order valence-electron chi connectivity index (χ3n) is 1.28. The monoisotopic (exact) mass is 281 g/mol. The van der Waals surface area contributed by atoms with Crippen molar-refractivity contribution in [3.8, 4) is 0 Å². The Balaban J connectivity index is 3.21. The van der Waals surface area contributed by atoms with Gasteiger partial charge in [-0.1, -0.05) is 0 Å². The van der Waals surface area contributed by atoms with Gasteiger partial charge in [0.25, 0.3) is 0 Å². The molecule has 0 saturated carbocycles. The molecule has 0 bridgehead atoms. The molecule has 0 unspecified atom stereocenters. The molecular weight excluding hydrogens is 277 g/mol. The fourth-order valence-corrected chi connectivity index (χ4v) is 2.01. The lowest BCUT2D eigenvalue weighted by Crippen LogP contribution is -1.97. The van der Waals surface area contributed by atoms with Crippen LogP contribution < -0.4 is 5.73 Å². The number of benzene rings is 1. The van der Waals surface area contributed by atoms with Gasteiger partial charge in [0.05, 0.1) is 8.95 Å². The number of rotatable bonds is 1. The Morgan fingerprint density at radius 3 is 2.09 bits per heavy atom. The standard InChI is InChI=1S/C7H6Br2FN/c8-5-1-4(3-11)2-6(9)7(5)10/h1-2H,3,11H2. The third kappa shape index (κ3) is 2.01. The summed E-state index contributed by atoms with van der Waals surface area (Å²) in [4.78, 5) is 0. The molecule has 0 spiro atoms. The maximum Gasteiger partial charge on any atom is 0.151 e. The average molecular weight is 283 g/mol. The van der Waals surface area contributed by atoms with Gasteiger partial charge in [0.15, 0.2) is 5.82 Å². The van der Waals surface area contributed by atoms with Gasteiger partial charge in [0, 0.05) is 6.54 Å². The molecular formula is C7H6Br2FN. The molecule has 0 heterocycles. The van der Waals surface area contributed by atoms with E-state index in [4.69, 9.17) is 5.73 Å². The third-order valence-corrected chi connectivity index (χ3v) is 2.43.